The average molecular weight is 271 g/mol. The Hall–Kier alpha value is -1.14. The SMILES string of the molecule is CC(C)CC(NCC(=O)N1CCN(C)CC1)C(=O)O. The Morgan fingerprint density at radius 1 is 1.21 bits per heavy atom. The van der Waals surface area contributed by atoms with Crippen LogP contribution in [0.1, 0.15) is 20.3 Å². The van der Waals surface area contributed by atoms with E-state index in [0.29, 0.717) is 6.42 Å². The van der Waals surface area contributed by atoms with E-state index in [9.17, 15) is 9.59 Å². The molecule has 1 atom stereocenters. The van der Waals surface area contributed by atoms with Crippen LogP contribution in [0.2, 0.25) is 0 Å². The second-order valence-electron chi connectivity index (χ2n) is 5.59. The standard InChI is InChI=1S/C13H25N3O3/c1-10(2)8-11(13(18)19)14-9-12(17)16-6-4-15(3)5-7-16/h10-11,14H,4-9H2,1-3H3,(H,18,19). The van der Waals surface area contributed by atoms with Gasteiger partial charge in [-0.15, -0.1) is 0 Å². The molecule has 0 radical (unpaired) electrons. The Morgan fingerprint density at radius 3 is 2.26 bits per heavy atom. The molecule has 0 saturated carbocycles. The molecule has 0 aliphatic carbocycles. The summed E-state index contributed by atoms with van der Waals surface area (Å²) in [7, 11) is 2.03. The van der Waals surface area contributed by atoms with E-state index in [2.05, 4.69) is 10.2 Å². The van der Waals surface area contributed by atoms with Crippen LogP contribution in [0, 0.1) is 5.92 Å². The van der Waals surface area contributed by atoms with Crippen molar-refractivity contribution in [2.75, 3.05) is 39.8 Å². The maximum atomic E-state index is 12.0. The number of carboxylic acids is 1. The molecule has 0 aromatic rings. The van der Waals surface area contributed by atoms with Crippen molar-refractivity contribution in [3.8, 4) is 0 Å². The number of carbonyl (C=O) groups excluding carboxylic acids is 1. The van der Waals surface area contributed by atoms with Crippen LogP contribution in [-0.2, 0) is 9.59 Å². The lowest BCUT2D eigenvalue weighted by atomic mass is 10.0. The molecular weight excluding hydrogens is 246 g/mol. The van der Waals surface area contributed by atoms with E-state index in [4.69, 9.17) is 5.11 Å². The Bertz CT molecular complexity index is 312. The first kappa shape index (κ1) is 15.9. The molecule has 19 heavy (non-hydrogen) atoms. The minimum Gasteiger partial charge on any atom is -0.480 e. The molecule has 6 nitrogen and oxygen atoms in total. The van der Waals surface area contributed by atoms with Crippen LogP contribution in [-0.4, -0.2) is 72.6 Å². The molecule has 2 N–H and O–H groups in total. The van der Waals surface area contributed by atoms with Crippen molar-refractivity contribution in [3.63, 3.8) is 0 Å². The van der Waals surface area contributed by atoms with Crippen LogP contribution in [0.15, 0.2) is 0 Å². The fourth-order valence-corrected chi connectivity index (χ4v) is 2.12. The summed E-state index contributed by atoms with van der Waals surface area (Å²) in [5.74, 6) is -0.615. The van der Waals surface area contributed by atoms with Gasteiger partial charge in [0.05, 0.1) is 6.54 Å². The summed E-state index contributed by atoms with van der Waals surface area (Å²) >= 11 is 0. The molecule has 1 amide bonds. The van der Waals surface area contributed by atoms with E-state index >= 15 is 0 Å². The van der Waals surface area contributed by atoms with Gasteiger partial charge in [-0.05, 0) is 19.4 Å². The number of hydrogen-bond donors (Lipinski definition) is 2. The summed E-state index contributed by atoms with van der Waals surface area (Å²) in [6, 6.07) is -0.642. The minimum absolute atomic E-state index is 0.0110. The summed E-state index contributed by atoms with van der Waals surface area (Å²) in [6.07, 6.45) is 0.533. The first-order chi connectivity index (χ1) is 8.90. The monoisotopic (exact) mass is 271 g/mol. The number of rotatable bonds is 6. The fourth-order valence-electron chi connectivity index (χ4n) is 2.12. The minimum atomic E-state index is -0.889. The predicted octanol–water partition coefficient (Wildman–Crippen LogP) is -0.151. The molecule has 6 heteroatoms. The van der Waals surface area contributed by atoms with Crippen molar-refractivity contribution in [1.29, 1.82) is 0 Å². The quantitative estimate of drug-likeness (QED) is 0.703. The number of piperazine rings is 1. The molecule has 0 aromatic carbocycles. The molecule has 1 aliphatic rings. The summed E-state index contributed by atoms with van der Waals surface area (Å²) < 4.78 is 0. The highest BCUT2D eigenvalue weighted by atomic mass is 16.4. The lowest BCUT2D eigenvalue weighted by Gasteiger charge is -2.32. The second kappa shape index (κ2) is 7.45. The van der Waals surface area contributed by atoms with Crippen molar-refractivity contribution < 1.29 is 14.7 Å². The molecular formula is C13H25N3O3. The molecule has 0 aromatic heterocycles. The van der Waals surface area contributed by atoms with Crippen LogP contribution in [0.3, 0.4) is 0 Å². The van der Waals surface area contributed by atoms with E-state index in [0.717, 1.165) is 26.2 Å². The van der Waals surface area contributed by atoms with Crippen LogP contribution in [0.4, 0.5) is 0 Å². The van der Waals surface area contributed by atoms with Crippen LogP contribution in [0.5, 0.6) is 0 Å². The summed E-state index contributed by atoms with van der Waals surface area (Å²) in [6.45, 7) is 7.24. The van der Waals surface area contributed by atoms with Gasteiger partial charge in [-0.1, -0.05) is 13.8 Å². The zero-order valence-electron chi connectivity index (χ0n) is 12.1. The van der Waals surface area contributed by atoms with Gasteiger partial charge in [0, 0.05) is 26.2 Å². The molecule has 1 rings (SSSR count). The van der Waals surface area contributed by atoms with Gasteiger partial charge in [-0.25, -0.2) is 0 Å². The lowest BCUT2D eigenvalue weighted by Crippen LogP contribution is -2.51. The topological polar surface area (TPSA) is 72.9 Å². The third-order valence-electron chi connectivity index (χ3n) is 3.36. The molecule has 0 bridgehead atoms. The van der Waals surface area contributed by atoms with Crippen molar-refractivity contribution in [3.05, 3.63) is 0 Å². The largest absolute Gasteiger partial charge is 0.480 e. The Kier molecular flexibility index (Phi) is 6.24. The van der Waals surface area contributed by atoms with E-state index < -0.39 is 12.0 Å². The first-order valence-electron chi connectivity index (χ1n) is 6.82. The van der Waals surface area contributed by atoms with Gasteiger partial charge < -0.3 is 14.9 Å². The number of carbonyl (C=O) groups is 2. The van der Waals surface area contributed by atoms with Crippen molar-refractivity contribution >= 4 is 11.9 Å². The predicted molar refractivity (Wildman–Crippen MR) is 73.0 cm³/mol. The third kappa shape index (κ3) is 5.57. The molecule has 1 aliphatic heterocycles. The second-order valence-corrected chi connectivity index (χ2v) is 5.59. The number of hydrogen-bond acceptors (Lipinski definition) is 4. The van der Waals surface area contributed by atoms with Gasteiger partial charge in [0.25, 0.3) is 0 Å². The zero-order chi connectivity index (χ0) is 14.4. The molecule has 1 heterocycles. The maximum Gasteiger partial charge on any atom is 0.320 e. The van der Waals surface area contributed by atoms with Gasteiger partial charge in [-0.3, -0.25) is 14.9 Å². The number of likely N-dealkylation sites (N-methyl/N-ethyl adjacent to an activating group) is 1. The molecule has 0 spiro atoms. The number of nitrogens with zero attached hydrogens (tertiary/aromatic N) is 2. The van der Waals surface area contributed by atoms with E-state index in [1.807, 2.05) is 20.9 Å². The Balaban J connectivity index is 2.37. The van der Waals surface area contributed by atoms with Crippen LogP contribution < -0.4 is 5.32 Å². The Labute approximate surface area is 114 Å². The summed E-state index contributed by atoms with van der Waals surface area (Å²) in [5.41, 5.74) is 0. The van der Waals surface area contributed by atoms with Gasteiger partial charge in [0.2, 0.25) is 5.91 Å². The van der Waals surface area contributed by atoms with E-state index in [-0.39, 0.29) is 18.4 Å². The normalized spacial score (nSPS) is 18.6. The molecule has 1 fully saturated rings. The van der Waals surface area contributed by atoms with E-state index in [1.165, 1.54) is 0 Å². The highest BCUT2D eigenvalue weighted by Crippen LogP contribution is 2.05. The molecule has 110 valence electrons. The fraction of sp³-hybridized carbons (Fsp3) is 0.846. The first-order valence-corrected chi connectivity index (χ1v) is 6.82. The zero-order valence-corrected chi connectivity index (χ0v) is 12.1. The number of amides is 1. The van der Waals surface area contributed by atoms with Crippen LogP contribution >= 0.6 is 0 Å². The summed E-state index contributed by atoms with van der Waals surface area (Å²) in [4.78, 5) is 27.0. The van der Waals surface area contributed by atoms with Gasteiger partial charge >= 0.3 is 5.97 Å². The van der Waals surface area contributed by atoms with Crippen molar-refractivity contribution in [2.45, 2.75) is 26.3 Å². The molecule has 1 saturated heterocycles. The maximum absolute atomic E-state index is 12.0. The van der Waals surface area contributed by atoms with Gasteiger partial charge in [0.1, 0.15) is 6.04 Å². The lowest BCUT2D eigenvalue weighted by molar-refractivity contribution is -0.140. The van der Waals surface area contributed by atoms with Crippen LogP contribution in [0.25, 0.3) is 0 Å². The molecule has 1 unspecified atom stereocenters. The number of carboxylic acid groups (broad SMARTS) is 1. The van der Waals surface area contributed by atoms with Gasteiger partial charge in [0.15, 0.2) is 0 Å². The highest BCUT2D eigenvalue weighted by molar-refractivity contribution is 5.80. The third-order valence-corrected chi connectivity index (χ3v) is 3.36. The smallest absolute Gasteiger partial charge is 0.320 e. The number of aliphatic carboxylic acids is 1. The number of nitrogens with one attached hydrogen (secondary N) is 1. The Morgan fingerprint density at radius 2 is 1.79 bits per heavy atom. The van der Waals surface area contributed by atoms with Crippen molar-refractivity contribution in [2.24, 2.45) is 5.92 Å². The van der Waals surface area contributed by atoms with E-state index in [1.54, 1.807) is 4.90 Å². The van der Waals surface area contributed by atoms with Gasteiger partial charge in [-0.2, -0.15) is 0 Å². The van der Waals surface area contributed by atoms with Crippen molar-refractivity contribution in [1.82, 2.24) is 15.1 Å². The summed E-state index contributed by atoms with van der Waals surface area (Å²) in [5, 5.41) is 11.9. The average Bonchev–Trinajstić information content (AvgIpc) is 2.34. The highest BCUT2D eigenvalue weighted by Gasteiger charge is 2.22.